The SMILES string of the molecule is O[C@H]1CC(c2cc(Br)ccc2F)Oc2ccc(F)cc21. The van der Waals surface area contributed by atoms with Crippen LogP contribution in [0.15, 0.2) is 40.9 Å². The molecular weight excluding hydrogens is 330 g/mol. The van der Waals surface area contributed by atoms with Crippen molar-refractivity contribution in [1.29, 1.82) is 0 Å². The van der Waals surface area contributed by atoms with Gasteiger partial charge in [-0.25, -0.2) is 8.78 Å². The van der Waals surface area contributed by atoms with Gasteiger partial charge in [-0.2, -0.15) is 0 Å². The Bertz CT molecular complexity index is 660. The summed E-state index contributed by atoms with van der Waals surface area (Å²) in [6.45, 7) is 0. The van der Waals surface area contributed by atoms with Gasteiger partial charge in [0.2, 0.25) is 0 Å². The molecule has 5 heteroatoms. The van der Waals surface area contributed by atoms with Crippen LogP contribution in [-0.4, -0.2) is 5.11 Å². The van der Waals surface area contributed by atoms with Gasteiger partial charge in [0.05, 0.1) is 6.10 Å². The Morgan fingerprint density at radius 1 is 1.10 bits per heavy atom. The average molecular weight is 341 g/mol. The van der Waals surface area contributed by atoms with Gasteiger partial charge in [-0.15, -0.1) is 0 Å². The number of fused-ring (bicyclic) bond motifs is 1. The molecule has 1 aliphatic heterocycles. The number of aliphatic hydroxyl groups excluding tert-OH is 1. The lowest BCUT2D eigenvalue weighted by molar-refractivity contribution is 0.0636. The molecule has 0 radical (unpaired) electrons. The fraction of sp³-hybridized carbons (Fsp3) is 0.200. The van der Waals surface area contributed by atoms with Crippen molar-refractivity contribution in [3.8, 4) is 5.75 Å². The van der Waals surface area contributed by atoms with Crippen molar-refractivity contribution in [2.75, 3.05) is 0 Å². The highest BCUT2D eigenvalue weighted by molar-refractivity contribution is 9.10. The van der Waals surface area contributed by atoms with Crippen LogP contribution in [0.1, 0.15) is 29.8 Å². The summed E-state index contributed by atoms with van der Waals surface area (Å²) < 4.78 is 33.5. The van der Waals surface area contributed by atoms with Crippen LogP contribution < -0.4 is 4.74 Å². The van der Waals surface area contributed by atoms with E-state index in [4.69, 9.17) is 4.74 Å². The summed E-state index contributed by atoms with van der Waals surface area (Å²) in [5.41, 5.74) is 0.769. The van der Waals surface area contributed by atoms with E-state index in [1.807, 2.05) is 0 Å². The van der Waals surface area contributed by atoms with Crippen LogP contribution in [0.2, 0.25) is 0 Å². The van der Waals surface area contributed by atoms with E-state index < -0.39 is 23.8 Å². The van der Waals surface area contributed by atoms with E-state index in [1.165, 1.54) is 24.3 Å². The lowest BCUT2D eigenvalue weighted by atomic mass is 9.94. The summed E-state index contributed by atoms with van der Waals surface area (Å²) in [6, 6.07) is 8.52. The summed E-state index contributed by atoms with van der Waals surface area (Å²) in [6.07, 6.45) is -1.29. The van der Waals surface area contributed by atoms with Crippen LogP contribution >= 0.6 is 15.9 Å². The van der Waals surface area contributed by atoms with Gasteiger partial charge in [-0.05, 0) is 36.4 Å². The van der Waals surface area contributed by atoms with Crippen molar-refractivity contribution >= 4 is 15.9 Å². The number of ether oxygens (including phenoxy) is 1. The van der Waals surface area contributed by atoms with Gasteiger partial charge in [0.1, 0.15) is 23.5 Å². The molecule has 1 N–H and O–H groups in total. The molecule has 0 aromatic heterocycles. The monoisotopic (exact) mass is 340 g/mol. The third-order valence-electron chi connectivity index (χ3n) is 3.34. The number of rotatable bonds is 1. The van der Waals surface area contributed by atoms with E-state index >= 15 is 0 Å². The second-order valence-electron chi connectivity index (χ2n) is 4.71. The van der Waals surface area contributed by atoms with E-state index in [0.29, 0.717) is 16.9 Å². The van der Waals surface area contributed by atoms with E-state index in [1.54, 1.807) is 12.1 Å². The molecule has 0 bridgehead atoms. The van der Waals surface area contributed by atoms with Crippen LogP contribution in [0.5, 0.6) is 5.75 Å². The molecule has 3 rings (SSSR count). The zero-order chi connectivity index (χ0) is 14.3. The Labute approximate surface area is 123 Å². The van der Waals surface area contributed by atoms with Crippen molar-refractivity contribution < 1.29 is 18.6 Å². The second kappa shape index (κ2) is 5.14. The minimum Gasteiger partial charge on any atom is -0.485 e. The Hall–Kier alpha value is -1.46. The molecule has 0 aliphatic carbocycles. The predicted molar refractivity (Wildman–Crippen MR) is 73.4 cm³/mol. The van der Waals surface area contributed by atoms with Gasteiger partial charge >= 0.3 is 0 Å². The number of halogens is 3. The molecule has 104 valence electrons. The summed E-state index contributed by atoms with van der Waals surface area (Å²) in [5.74, 6) is -0.441. The molecule has 2 aromatic rings. The predicted octanol–water partition coefficient (Wildman–Crippen LogP) is 4.28. The number of hydrogen-bond donors (Lipinski definition) is 1. The molecule has 0 saturated carbocycles. The Balaban J connectivity index is 1.99. The van der Waals surface area contributed by atoms with Gasteiger partial charge < -0.3 is 9.84 Å². The molecule has 1 aliphatic rings. The fourth-order valence-corrected chi connectivity index (χ4v) is 2.75. The Morgan fingerprint density at radius 2 is 1.90 bits per heavy atom. The first-order valence-corrected chi connectivity index (χ1v) is 6.93. The van der Waals surface area contributed by atoms with Crippen molar-refractivity contribution in [1.82, 2.24) is 0 Å². The maximum absolute atomic E-state index is 13.9. The first kappa shape index (κ1) is 13.5. The normalized spacial score (nSPS) is 21.2. The highest BCUT2D eigenvalue weighted by Crippen LogP contribution is 2.41. The number of aliphatic hydroxyl groups is 1. The lowest BCUT2D eigenvalue weighted by Gasteiger charge is -2.30. The van der Waals surface area contributed by atoms with Gasteiger partial charge in [0.25, 0.3) is 0 Å². The number of hydrogen-bond acceptors (Lipinski definition) is 2. The highest BCUT2D eigenvalue weighted by atomic mass is 79.9. The van der Waals surface area contributed by atoms with Crippen LogP contribution in [0, 0.1) is 11.6 Å². The summed E-state index contributed by atoms with van der Waals surface area (Å²) in [4.78, 5) is 0. The minimum atomic E-state index is -0.877. The van der Waals surface area contributed by atoms with Crippen LogP contribution in [0.4, 0.5) is 8.78 Å². The maximum atomic E-state index is 13.9. The smallest absolute Gasteiger partial charge is 0.130 e. The largest absolute Gasteiger partial charge is 0.485 e. The Kier molecular flexibility index (Phi) is 3.48. The molecule has 0 saturated heterocycles. The summed E-state index contributed by atoms with van der Waals surface area (Å²) in [5, 5.41) is 10.1. The first-order chi connectivity index (χ1) is 9.54. The second-order valence-corrected chi connectivity index (χ2v) is 5.62. The molecule has 2 nitrogen and oxygen atoms in total. The zero-order valence-electron chi connectivity index (χ0n) is 10.3. The van der Waals surface area contributed by atoms with E-state index in [2.05, 4.69) is 15.9 Å². The average Bonchev–Trinajstić information content (AvgIpc) is 2.42. The molecule has 1 unspecified atom stereocenters. The molecule has 0 amide bonds. The van der Waals surface area contributed by atoms with Crippen molar-refractivity contribution in [3.05, 3.63) is 63.6 Å². The highest BCUT2D eigenvalue weighted by Gasteiger charge is 2.30. The minimum absolute atomic E-state index is 0.184. The summed E-state index contributed by atoms with van der Waals surface area (Å²) >= 11 is 3.28. The quantitative estimate of drug-likeness (QED) is 0.839. The van der Waals surface area contributed by atoms with Gasteiger partial charge in [-0.1, -0.05) is 15.9 Å². The number of benzene rings is 2. The van der Waals surface area contributed by atoms with Crippen molar-refractivity contribution in [2.24, 2.45) is 0 Å². The zero-order valence-corrected chi connectivity index (χ0v) is 11.9. The molecule has 20 heavy (non-hydrogen) atoms. The van der Waals surface area contributed by atoms with Crippen LogP contribution in [-0.2, 0) is 0 Å². The molecule has 1 heterocycles. The maximum Gasteiger partial charge on any atom is 0.130 e. The Morgan fingerprint density at radius 3 is 2.70 bits per heavy atom. The van der Waals surface area contributed by atoms with Crippen LogP contribution in [0.3, 0.4) is 0 Å². The lowest BCUT2D eigenvalue weighted by Crippen LogP contribution is -2.20. The van der Waals surface area contributed by atoms with Crippen LogP contribution in [0.25, 0.3) is 0 Å². The van der Waals surface area contributed by atoms with Gasteiger partial charge in [0.15, 0.2) is 0 Å². The van der Waals surface area contributed by atoms with Crippen molar-refractivity contribution in [3.63, 3.8) is 0 Å². The van der Waals surface area contributed by atoms with E-state index in [-0.39, 0.29) is 6.42 Å². The molecule has 2 atom stereocenters. The van der Waals surface area contributed by atoms with Gasteiger partial charge in [0, 0.05) is 22.0 Å². The fourth-order valence-electron chi connectivity index (χ4n) is 2.37. The topological polar surface area (TPSA) is 29.5 Å². The summed E-state index contributed by atoms with van der Waals surface area (Å²) in [7, 11) is 0. The van der Waals surface area contributed by atoms with Crippen molar-refractivity contribution in [2.45, 2.75) is 18.6 Å². The standard InChI is InChI=1S/C15H11BrF2O2/c16-8-1-3-12(18)10(5-8)15-7-13(19)11-6-9(17)2-4-14(11)20-15/h1-6,13,15,19H,7H2/t13-,15?/m0/s1. The van der Waals surface area contributed by atoms with E-state index in [9.17, 15) is 13.9 Å². The molecule has 0 spiro atoms. The molecule has 2 aromatic carbocycles. The third kappa shape index (κ3) is 2.43. The van der Waals surface area contributed by atoms with E-state index in [0.717, 1.165) is 4.47 Å². The third-order valence-corrected chi connectivity index (χ3v) is 3.84. The van der Waals surface area contributed by atoms with Gasteiger partial charge in [-0.3, -0.25) is 0 Å². The first-order valence-electron chi connectivity index (χ1n) is 6.13. The molecule has 0 fully saturated rings. The molecular formula is C15H11BrF2O2.